The zero-order valence-corrected chi connectivity index (χ0v) is 8.97. The number of nitrogens with zero attached hydrogens (tertiary/aromatic N) is 1. The number of aromatic nitrogens is 1. The van der Waals surface area contributed by atoms with Crippen molar-refractivity contribution in [1.82, 2.24) is 4.98 Å². The fraction of sp³-hybridized carbons (Fsp3) is 0.333. The number of hydrogen-bond donors (Lipinski definition) is 1. The quantitative estimate of drug-likeness (QED) is 0.684. The Kier molecular flexibility index (Phi) is 4.03. The minimum Gasteiger partial charge on any atom is -0.403 e. The molecule has 19 heavy (non-hydrogen) atoms. The maximum absolute atomic E-state index is 12.7. The van der Waals surface area contributed by atoms with E-state index in [2.05, 4.69) is 9.72 Å². The third kappa shape index (κ3) is 3.56. The number of halogens is 6. The van der Waals surface area contributed by atoms with E-state index in [1.807, 2.05) is 0 Å². The van der Waals surface area contributed by atoms with E-state index < -0.39 is 41.7 Å². The largest absolute Gasteiger partial charge is 0.573 e. The van der Waals surface area contributed by atoms with Gasteiger partial charge in [-0.05, 0) is 0 Å². The fourth-order valence-electron chi connectivity index (χ4n) is 1.33. The van der Waals surface area contributed by atoms with E-state index in [1.54, 1.807) is 0 Å². The Hall–Kier alpha value is -1.84. The number of nitrogens with two attached hydrogens (primary N) is 1. The van der Waals surface area contributed by atoms with E-state index in [0.29, 0.717) is 0 Å². The lowest BCUT2D eigenvalue weighted by molar-refractivity contribution is -0.276. The summed E-state index contributed by atoms with van der Waals surface area (Å²) in [4.78, 5) is 13.9. The highest BCUT2D eigenvalue weighted by Gasteiger charge is 2.42. The van der Waals surface area contributed by atoms with Crippen LogP contribution >= 0.6 is 0 Å². The predicted octanol–water partition coefficient (Wildman–Crippen LogP) is 2.27. The molecule has 0 amide bonds. The van der Waals surface area contributed by atoms with Gasteiger partial charge in [0.05, 0.1) is 17.5 Å². The Morgan fingerprint density at radius 3 is 2.21 bits per heavy atom. The zero-order valence-electron chi connectivity index (χ0n) is 8.97. The van der Waals surface area contributed by atoms with Crippen molar-refractivity contribution in [2.45, 2.75) is 19.1 Å². The van der Waals surface area contributed by atoms with Crippen LogP contribution in [0.15, 0.2) is 6.20 Å². The average molecular weight is 288 g/mol. The van der Waals surface area contributed by atoms with Crippen molar-refractivity contribution in [3.05, 3.63) is 23.0 Å². The monoisotopic (exact) mass is 288 g/mol. The van der Waals surface area contributed by atoms with Crippen LogP contribution in [0.5, 0.6) is 5.75 Å². The Morgan fingerprint density at radius 1 is 1.26 bits per heavy atom. The van der Waals surface area contributed by atoms with Crippen LogP contribution in [0.4, 0.5) is 26.3 Å². The summed E-state index contributed by atoms with van der Waals surface area (Å²) < 4.78 is 77.3. The molecule has 0 aliphatic rings. The maximum atomic E-state index is 12.7. The fourth-order valence-corrected chi connectivity index (χ4v) is 1.33. The Labute approximate surface area is 102 Å². The molecule has 0 spiro atoms. The summed E-state index contributed by atoms with van der Waals surface area (Å²) in [5.74, 6) is -1.60. The molecule has 0 aliphatic heterocycles. The van der Waals surface area contributed by atoms with Crippen LogP contribution in [0.2, 0.25) is 0 Å². The van der Waals surface area contributed by atoms with E-state index in [4.69, 9.17) is 5.73 Å². The number of ether oxygens (including phenoxy) is 1. The number of hydrogen-bond acceptors (Lipinski definition) is 4. The van der Waals surface area contributed by atoms with Gasteiger partial charge in [0.15, 0.2) is 12.0 Å². The molecule has 4 nitrogen and oxygen atoms in total. The highest BCUT2D eigenvalue weighted by molar-refractivity contribution is 5.80. The molecule has 0 radical (unpaired) electrons. The molecule has 2 N–H and O–H groups in total. The summed E-state index contributed by atoms with van der Waals surface area (Å²) in [6, 6.07) is 0. The van der Waals surface area contributed by atoms with E-state index in [0.717, 1.165) is 0 Å². The van der Waals surface area contributed by atoms with Crippen molar-refractivity contribution in [1.29, 1.82) is 0 Å². The molecule has 1 aromatic rings. The summed E-state index contributed by atoms with van der Waals surface area (Å²) in [6.45, 7) is -0.538. The van der Waals surface area contributed by atoms with E-state index >= 15 is 0 Å². The molecule has 0 bridgehead atoms. The van der Waals surface area contributed by atoms with Gasteiger partial charge in [0.1, 0.15) is 5.56 Å². The van der Waals surface area contributed by atoms with Crippen molar-refractivity contribution in [2.75, 3.05) is 0 Å². The molecule has 0 aromatic carbocycles. The second kappa shape index (κ2) is 5.03. The summed E-state index contributed by atoms with van der Waals surface area (Å²) in [7, 11) is 0. The third-order valence-corrected chi connectivity index (χ3v) is 1.98. The molecule has 1 rings (SSSR count). The molecule has 1 aromatic heterocycles. The van der Waals surface area contributed by atoms with E-state index in [9.17, 15) is 31.1 Å². The molecule has 0 unspecified atom stereocenters. The summed E-state index contributed by atoms with van der Waals surface area (Å²) >= 11 is 0. The van der Waals surface area contributed by atoms with Crippen LogP contribution in [0.1, 0.15) is 21.6 Å². The maximum Gasteiger partial charge on any atom is 0.573 e. The van der Waals surface area contributed by atoms with Gasteiger partial charge in [-0.1, -0.05) is 0 Å². The van der Waals surface area contributed by atoms with Crippen LogP contribution in [-0.2, 0) is 12.7 Å². The van der Waals surface area contributed by atoms with Crippen LogP contribution in [-0.4, -0.2) is 17.6 Å². The van der Waals surface area contributed by atoms with Gasteiger partial charge in [-0.3, -0.25) is 9.78 Å². The lowest BCUT2D eigenvalue weighted by Crippen LogP contribution is -2.22. The molecule has 10 heteroatoms. The zero-order chi connectivity index (χ0) is 14.8. The number of pyridine rings is 1. The normalized spacial score (nSPS) is 12.4. The van der Waals surface area contributed by atoms with Gasteiger partial charge in [-0.2, -0.15) is 13.2 Å². The first-order valence-electron chi connectivity index (χ1n) is 4.60. The Morgan fingerprint density at radius 2 is 1.84 bits per heavy atom. The molecular weight excluding hydrogens is 282 g/mol. The number of aldehydes is 1. The Balaban J connectivity index is 3.52. The van der Waals surface area contributed by atoms with Crippen LogP contribution < -0.4 is 10.5 Å². The minimum atomic E-state index is -5.34. The molecule has 1 heterocycles. The highest BCUT2D eigenvalue weighted by atomic mass is 19.4. The van der Waals surface area contributed by atoms with Crippen molar-refractivity contribution >= 4 is 6.29 Å². The number of alkyl halides is 6. The average Bonchev–Trinajstić information content (AvgIpc) is 2.24. The first-order chi connectivity index (χ1) is 8.60. The van der Waals surface area contributed by atoms with Crippen molar-refractivity contribution in [3.63, 3.8) is 0 Å². The van der Waals surface area contributed by atoms with Gasteiger partial charge in [0.25, 0.3) is 0 Å². The van der Waals surface area contributed by atoms with Crippen LogP contribution in [0.25, 0.3) is 0 Å². The topological polar surface area (TPSA) is 65.2 Å². The van der Waals surface area contributed by atoms with Crippen LogP contribution in [0.3, 0.4) is 0 Å². The molecule has 0 saturated heterocycles. The van der Waals surface area contributed by atoms with Gasteiger partial charge in [0.2, 0.25) is 0 Å². The molecule has 106 valence electrons. The predicted molar refractivity (Wildman–Crippen MR) is 49.2 cm³/mol. The van der Waals surface area contributed by atoms with Gasteiger partial charge in [-0.15, -0.1) is 13.2 Å². The highest BCUT2D eigenvalue weighted by Crippen LogP contribution is 2.40. The standard InChI is InChI=1S/C9H6F6N2O2/c10-8(11,12)7-4(3-18)5(1-16)17-2-6(7)19-9(13,14)15/h2-3H,1,16H2. The van der Waals surface area contributed by atoms with Crippen molar-refractivity contribution in [2.24, 2.45) is 5.73 Å². The smallest absolute Gasteiger partial charge is 0.403 e. The minimum absolute atomic E-state index is 0.228. The Bertz CT molecular complexity index is 483. The second-order valence-electron chi connectivity index (χ2n) is 3.23. The first-order valence-corrected chi connectivity index (χ1v) is 4.60. The number of rotatable bonds is 3. The second-order valence-corrected chi connectivity index (χ2v) is 3.23. The van der Waals surface area contributed by atoms with Crippen molar-refractivity contribution in [3.8, 4) is 5.75 Å². The number of carbonyl (C=O) groups is 1. The summed E-state index contributed by atoms with van der Waals surface area (Å²) in [6.07, 6.45) is -10.6. The van der Waals surface area contributed by atoms with Gasteiger partial charge >= 0.3 is 12.5 Å². The van der Waals surface area contributed by atoms with Crippen molar-refractivity contribution < 1.29 is 35.9 Å². The molecule has 0 saturated carbocycles. The van der Waals surface area contributed by atoms with Gasteiger partial charge in [0, 0.05) is 6.54 Å². The first kappa shape index (κ1) is 15.2. The van der Waals surface area contributed by atoms with Crippen LogP contribution in [0, 0.1) is 0 Å². The van der Waals surface area contributed by atoms with Gasteiger partial charge in [-0.25, -0.2) is 0 Å². The molecule has 0 atom stereocenters. The number of carbonyl (C=O) groups excluding carboxylic acids is 1. The summed E-state index contributed by atoms with van der Waals surface area (Å²) in [5.41, 5.74) is 1.66. The SMILES string of the molecule is NCc1ncc(OC(F)(F)F)c(C(F)(F)F)c1C=O. The van der Waals surface area contributed by atoms with Gasteiger partial charge < -0.3 is 10.5 Å². The molecule has 0 fully saturated rings. The lowest BCUT2D eigenvalue weighted by atomic mass is 10.1. The summed E-state index contributed by atoms with van der Waals surface area (Å²) in [5, 5.41) is 0. The third-order valence-electron chi connectivity index (χ3n) is 1.98. The lowest BCUT2D eigenvalue weighted by Gasteiger charge is -2.17. The molecule has 0 aliphatic carbocycles. The molecular formula is C9H6F6N2O2. The van der Waals surface area contributed by atoms with E-state index in [1.165, 1.54) is 0 Å². The van der Waals surface area contributed by atoms with E-state index in [-0.39, 0.29) is 12.5 Å².